The number of thiocarbonyl (C=S) groups is 1. The first kappa shape index (κ1) is 14.5. The SMILES string of the molecule is O=C(NC(=S)Nc1ccc(O)cc1)c1cccc(Br)c1. The quantitative estimate of drug-likeness (QED) is 0.574. The monoisotopic (exact) mass is 350 g/mol. The van der Waals surface area contributed by atoms with Crippen LogP contribution in [0.1, 0.15) is 10.4 Å². The lowest BCUT2D eigenvalue weighted by Crippen LogP contribution is -2.34. The van der Waals surface area contributed by atoms with Crippen molar-refractivity contribution in [3.05, 3.63) is 58.6 Å². The lowest BCUT2D eigenvalue weighted by atomic mass is 10.2. The number of halogens is 1. The van der Waals surface area contributed by atoms with E-state index in [1.807, 2.05) is 6.07 Å². The zero-order valence-corrected chi connectivity index (χ0v) is 12.7. The van der Waals surface area contributed by atoms with E-state index in [2.05, 4.69) is 26.6 Å². The Morgan fingerprint density at radius 2 is 1.85 bits per heavy atom. The summed E-state index contributed by atoms with van der Waals surface area (Å²) in [4.78, 5) is 12.0. The van der Waals surface area contributed by atoms with Crippen molar-refractivity contribution in [1.29, 1.82) is 0 Å². The molecule has 20 heavy (non-hydrogen) atoms. The molecule has 0 fully saturated rings. The number of nitrogens with one attached hydrogen (secondary N) is 2. The van der Waals surface area contributed by atoms with E-state index in [0.29, 0.717) is 11.3 Å². The highest BCUT2D eigenvalue weighted by atomic mass is 79.9. The van der Waals surface area contributed by atoms with E-state index < -0.39 is 0 Å². The number of hydrogen-bond donors (Lipinski definition) is 3. The van der Waals surface area contributed by atoms with Crippen molar-refractivity contribution in [2.75, 3.05) is 5.32 Å². The van der Waals surface area contributed by atoms with Gasteiger partial charge in [-0.25, -0.2) is 0 Å². The summed E-state index contributed by atoms with van der Waals surface area (Å²) >= 11 is 8.37. The van der Waals surface area contributed by atoms with Crippen LogP contribution in [-0.4, -0.2) is 16.1 Å². The average Bonchev–Trinajstić information content (AvgIpc) is 2.41. The second-order valence-corrected chi connectivity index (χ2v) is 5.29. The summed E-state index contributed by atoms with van der Waals surface area (Å²) in [7, 11) is 0. The lowest BCUT2D eigenvalue weighted by Gasteiger charge is -2.09. The molecule has 0 saturated carbocycles. The van der Waals surface area contributed by atoms with Crippen molar-refractivity contribution in [3.63, 3.8) is 0 Å². The number of hydrogen-bond acceptors (Lipinski definition) is 3. The maximum atomic E-state index is 12.0. The molecule has 102 valence electrons. The first-order valence-corrected chi connectivity index (χ1v) is 6.91. The molecule has 0 aliphatic carbocycles. The number of rotatable bonds is 2. The smallest absolute Gasteiger partial charge is 0.257 e. The van der Waals surface area contributed by atoms with Gasteiger partial charge in [-0.05, 0) is 54.7 Å². The molecule has 0 aromatic heterocycles. The van der Waals surface area contributed by atoms with Gasteiger partial charge in [0.15, 0.2) is 5.11 Å². The van der Waals surface area contributed by atoms with Gasteiger partial charge in [-0.2, -0.15) is 0 Å². The zero-order chi connectivity index (χ0) is 14.5. The molecule has 0 aliphatic rings. The number of amides is 1. The number of benzene rings is 2. The summed E-state index contributed by atoms with van der Waals surface area (Å²) in [6, 6.07) is 13.4. The Morgan fingerprint density at radius 1 is 1.15 bits per heavy atom. The summed E-state index contributed by atoms with van der Waals surface area (Å²) in [6.07, 6.45) is 0. The number of phenols is 1. The predicted molar refractivity (Wildman–Crippen MR) is 85.9 cm³/mol. The van der Waals surface area contributed by atoms with Crippen LogP contribution in [0, 0.1) is 0 Å². The Labute approximate surface area is 130 Å². The van der Waals surface area contributed by atoms with E-state index >= 15 is 0 Å². The summed E-state index contributed by atoms with van der Waals surface area (Å²) in [5.74, 6) is -0.123. The van der Waals surface area contributed by atoms with Crippen LogP contribution in [0.4, 0.5) is 5.69 Å². The Kier molecular flexibility index (Phi) is 4.70. The van der Waals surface area contributed by atoms with Gasteiger partial charge in [0.25, 0.3) is 5.91 Å². The van der Waals surface area contributed by atoms with E-state index in [9.17, 15) is 9.90 Å². The molecule has 3 N–H and O–H groups in total. The first-order chi connectivity index (χ1) is 9.54. The molecule has 2 rings (SSSR count). The van der Waals surface area contributed by atoms with E-state index in [0.717, 1.165) is 4.47 Å². The Balaban J connectivity index is 1.97. The minimum atomic E-state index is -0.289. The van der Waals surface area contributed by atoms with Crippen LogP contribution >= 0.6 is 28.1 Å². The van der Waals surface area contributed by atoms with Gasteiger partial charge in [-0.3, -0.25) is 10.1 Å². The van der Waals surface area contributed by atoms with Gasteiger partial charge in [-0.15, -0.1) is 0 Å². The fourth-order valence-electron chi connectivity index (χ4n) is 1.51. The van der Waals surface area contributed by atoms with Crippen LogP contribution in [0.15, 0.2) is 53.0 Å². The van der Waals surface area contributed by atoms with Crippen molar-refractivity contribution in [2.45, 2.75) is 0 Å². The summed E-state index contributed by atoms with van der Waals surface area (Å²) in [5.41, 5.74) is 1.19. The number of phenolic OH excluding ortho intramolecular Hbond substituents is 1. The molecule has 0 aliphatic heterocycles. The first-order valence-electron chi connectivity index (χ1n) is 5.71. The van der Waals surface area contributed by atoms with Crippen LogP contribution in [-0.2, 0) is 0 Å². The van der Waals surface area contributed by atoms with E-state index in [4.69, 9.17) is 12.2 Å². The van der Waals surface area contributed by atoms with Crippen LogP contribution in [0.2, 0.25) is 0 Å². The molecular weight excluding hydrogens is 340 g/mol. The molecule has 4 nitrogen and oxygen atoms in total. The van der Waals surface area contributed by atoms with Gasteiger partial charge < -0.3 is 10.4 Å². The van der Waals surface area contributed by atoms with Crippen LogP contribution in [0.25, 0.3) is 0 Å². The van der Waals surface area contributed by atoms with Gasteiger partial charge in [-0.1, -0.05) is 22.0 Å². The molecule has 0 radical (unpaired) electrons. The largest absolute Gasteiger partial charge is 0.508 e. The highest BCUT2D eigenvalue weighted by molar-refractivity contribution is 9.10. The Morgan fingerprint density at radius 3 is 2.50 bits per heavy atom. The topological polar surface area (TPSA) is 61.4 Å². The molecule has 1 amide bonds. The third-order valence-electron chi connectivity index (χ3n) is 2.44. The number of carbonyl (C=O) groups excluding carboxylic acids is 1. The van der Waals surface area contributed by atoms with Crippen molar-refractivity contribution in [1.82, 2.24) is 5.32 Å². The summed E-state index contributed by atoms with van der Waals surface area (Å²) in [5, 5.41) is 14.8. The third kappa shape index (κ3) is 4.04. The minimum Gasteiger partial charge on any atom is -0.508 e. The molecule has 0 heterocycles. The van der Waals surface area contributed by atoms with Gasteiger partial charge in [0.2, 0.25) is 0 Å². The van der Waals surface area contributed by atoms with Crippen molar-refractivity contribution in [2.24, 2.45) is 0 Å². The lowest BCUT2D eigenvalue weighted by molar-refractivity contribution is 0.0977. The second kappa shape index (κ2) is 6.49. The summed E-state index contributed by atoms with van der Waals surface area (Å²) < 4.78 is 0.822. The van der Waals surface area contributed by atoms with Crippen LogP contribution in [0.3, 0.4) is 0 Å². The maximum Gasteiger partial charge on any atom is 0.257 e. The molecule has 6 heteroatoms. The van der Waals surface area contributed by atoms with Gasteiger partial charge >= 0.3 is 0 Å². The Bertz CT molecular complexity index is 644. The van der Waals surface area contributed by atoms with Crippen molar-refractivity contribution < 1.29 is 9.90 Å². The van der Waals surface area contributed by atoms with Crippen LogP contribution < -0.4 is 10.6 Å². The number of anilines is 1. The fraction of sp³-hybridized carbons (Fsp3) is 0. The molecular formula is C14H11BrN2O2S. The van der Waals surface area contributed by atoms with E-state index in [1.54, 1.807) is 30.3 Å². The van der Waals surface area contributed by atoms with Crippen molar-refractivity contribution in [3.8, 4) is 5.75 Å². The third-order valence-corrected chi connectivity index (χ3v) is 3.14. The highest BCUT2D eigenvalue weighted by Crippen LogP contribution is 2.14. The number of aromatic hydroxyl groups is 1. The summed E-state index contributed by atoms with van der Waals surface area (Å²) in [6.45, 7) is 0. The molecule has 2 aromatic carbocycles. The van der Waals surface area contributed by atoms with E-state index in [-0.39, 0.29) is 16.8 Å². The van der Waals surface area contributed by atoms with Gasteiger partial charge in [0, 0.05) is 15.7 Å². The average molecular weight is 351 g/mol. The highest BCUT2D eigenvalue weighted by Gasteiger charge is 2.08. The number of carbonyl (C=O) groups is 1. The standard InChI is InChI=1S/C14H11BrN2O2S/c15-10-3-1-2-9(8-10)13(19)17-14(20)16-11-4-6-12(18)7-5-11/h1-8,18H,(H2,16,17,19,20). The van der Waals surface area contributed by atoms with E-state index in [1.165, 1.54) is 12.1 Å². The predicted octanol–water partition coefficient (Wildman–Crippen LogP) is 3.28. The van der Waals surface area contributed by atoms with Crippen LogP contribution in [0.5, 0.6) is 5.75 Å². The molecule has 0 spiro atoms. The Hall–Kier alpha value is -1.92. The van der Waals surface area contributed by atoms with Crippen molar-refractivity contribution >= 4 is 44.9 Å². The normalized spacial score (nSPS) is 9.85. The molecule has 2 aromatic rings. The van der Waals surface area contributed by atoms with Gasteiger partial charge in [0.1, 0.15) is 5.75 Å². The molecule has 0 unspecified atom stereocenters. The molecule has 0 saturated heterocycles. The second-order valence-electron chi connectivity index (χ2n) is 3.97. The molecule has 0 atom stereocenters. The molecule has 0 bridgehead atoms. The van der Waals surface area contributed by atoms with Gasteiger partial charge in [0.05, 0.1) is 0 Å². The maximum absolute atomic E-state index is 12.0. The zero-order valence-electron chi connectivity index (χ0n) is 10.3. The minimum absolute atomic E-state index is 0.166. The fourth-order valence-corrected chi connectivity index (χ4v) is 2.12.